The quantitative estimate of drug-likeness (QED) is 0.427. The van der Waals surface area contributed by atoms with Gasteiger partial charge in [0.15, 0.2) is 0 Å². The molecule has 186 valence electrons. The van der Waals surface area contributed by atoms with Crippen molar-refractivity contribution in [1.29, 1.82) is 0 Å². The van der Waals surface area contributed by atoms with Gasteiger partial charge in [0.05, 0.1) is 28.8 Å². The summed E-state index contributed by atoms with van der Waals surface area (Å²) in [5.41, 5.74) is -2.92. The van der Waals surface area contributed by atoms with Crippen LogP contribution < -0.4 is 5.32 Å². The molecular weight excluding hydrogens is 430 g/mol. The third-order valence-corrected chi connectivity index (χ3v) is 8.71. The molecule has 6 nitrogen and oxygen atoms in total. The van der Waals surface area contributed by atoms with Crippen LogP contribution in [0.25, 0.3) is 0 Å². The van der Waals surface area contributed by atoms with Gasteiger partial charge < -0.3 is 25.7 Å². The number of amides is 1. The summed E-state index contributed by atoms with van der Waals surface area (Å²) in [4.78, 5) is 13.9. The molecule has 1 saturated carbocycles. The number of aliphatic hydroxyl groups excluding tert-OH is 2. The molecule has 6 heteroatoms. The van der Waals surface area contributed by atoms with Crippen molar-refractivity contribution in [3.8, 4) is 0 Å². The van der Waals surface area contributed by atoms with Crippen LogP contribution in [0.15, 0.2) is 54.6 Å². The second kappa shape index (κ2) is 8.90. The maximum absolute atomic E-state index is 13.9. The molecule has 1 aromatic rings. The number of aliphatic hydroxyl groups is 4. The molecule has 34 heavy (non-hydrogen) atoms. The molecule has 3 aliphatic rings. The normalized spacial score (nSPS) is 48.7. The second-order valence-electron chi connectivity index (χ2n) is 11.3. The van der Waals surface area contributed by atoms with Gasteiger partial charge in [-0.15, -0.1) is 0 Å². The van der Waals surface area contributed by atoms with Gasteiger partial charge in [-0.2, -0.15) is 0 Å². The molecule has 4 rings (SSSR count). The molecule has 1 saturated heterocycles. The maximum Gasteiger partial charge on any atom is 0.230 e. The molecule has 2 aliphatic carbocycles. The molecule has 0 bridgehead atoms. The highest BCUT2D eigenvalue weighted by atomic mass is 16.3. The van der Waals surface area contributed by atoms with Crippen molar-refractivity contribution < 1.29 is 25.2 Å². The number of hydrogen-bond donors (Lipinski definition) is 5. The molecule has 1 aliphatic heterocycles. The number of benzene rings is 1. The Morgan fingerprint density at radius 1 is 1.06 bits per heavy atom. The topological polar surface area (TPSA) is 110 Å². The van der Waals surface area contributed by atoms with E-state index in [9.17, 15) is 25.2 Å². The van der Waals surface area contributed by atoms with Gasteiger partial charge in [-0.1, -0.05) is 68.5 Å². The van der Waals surface area contributed by atoms with Crippen LogP contribution in [0.4, 0.5) is 0 Å². The van der Waals surface area contributed by atoms with Crippen LogP contribution in [0.1, 0.15) is 46.1 Å². The van der Waals surface area contributed by atoms with Crippen LogP contribution in [0, 0.1) is 29.1 Å². The Labute approximate surface area is 202 Å². The molecule has 0 aromatic heterocycles. The fraction of sp³-hybridized carbons (Fsp3) is 0.607. The standard InChI is InChI=1S/C28H39NO5/c1-17-9-8-12-20-24(31)27(4,34)18(2)23-21(15-19-10-6-5-7-11-19)29-25(32)28(20,23)22(30)13-14-26(3,33)16-17/h5-8,10-14,17-18,20-24,30-31,33-34H,9,15-16H2,1-4H3,(H,29,32)/b12-8+,14-13+/t17?,18-,20-,21-,22+,23-,24-,26-,27-,28+/m0/s1. The second-order valence-corrected chi connectivity index (χ2v) is 11.3. The Bertz CT molecular complexity index is 955. The van der Waals surface area contributed by atoms with Gasteiger partial charge in [-0.25, -0.2) is 0 Å². The summed E-state index contributed by atoms with van der Waals surface area (Å²) in [5.74, 6) is -1.89. The Balaban J connectivity index is 1.88. The van der Waals surface area contributed by atoms with Crippen molar-refractivity contribution in [3.63, 3.8) is 0 Å². The molecular formula is C28H39NO5. The van der Waals surface area contributed by atoms with E-state index in [1.54, 1.807) is 19.9 Å². The Hall–Kier alpha value is -1.99. The summed E-state index contributed by atoms with van der Waals surface area (Å²) in [6.45, 7) is 7.22. The highest BCUT2D eigenvalue weighted by Gasteiger charge is 2.71. The van der Waals surface area contributed by atoms with Crippen LogP contribution in [0.2, 0.25) is 0 Å². The highest BCUT2D eigenvalue weighted by Crippen LogP contribution is 2.59. The number of hydrogen-bond acceptors (Lipinski definition) is 5. The minimum atomic E-state index is -1.45. The predicted octanol–water partition coefficient (Wildman–Crippen LogP) is 2.36. The fourth-order valence-electron chi connectivity index (χ4n) is 6.87. The number of carbonyl (C=O) groups is 1. The minimum absolute atomic E-state index is 0.154. The van der Waals surface area contributed by atoms with E-state index >= 15 is 0 Å². The Morgan fingerprint density at radius 3 is 2.41 bits per heavy atom. The number of rotatable bonds is 2. The van der Waals surface area contributed by atoms with E-state index < -0.39 is 46.6 Å². The molecule has 1 spiro atoms. The van der Waals surface area contributed by atoms with Crippen molar-refractivity contribution in [3.05, 3.63) is 60.2 Å². The summed E-state index contributed by atoms with van der Waals surface area (Å²) in [5, 5.41) is 48.6. The lowest BCUT2D eigenvalue weighted by atomic mass is 9.49. The molecule has 10 atom stereocenters. The first kappa shape index (κ1) is 25.1. The first-order chi connectivity index (χ1) is 15.9. The number of carbonyl (C=O) groups excluding carboxylic acids is 1. The average Bonchev–Trinajstić information content (AvgIpc) is 3.04. The largest absolute Gasteiger partial charge is 0.389 e. The monoisotopic (exact) mass is 469 g/mol. The van der Waals surface area contributed by atoms with Crippen molar-refractivity contribution in [2.45, 2.75) is 76.4 Å². The lowest BCUT2D eigenvalue weighted by molar-refractivity contribution is -0.212. The third-order valence-electron chi connectivity index (χ3n) is 8.71. The van der Waals surface area contributed by atoms with E-state index in [0.29, 0.717) is 19.3 Å². The maximum atomic E-state index is 13.9. The smallest absolute Gasteiger partial charge is 0.230 e. The van der Waals surface area contributed by atoms with Crippen LogP contribution in [-0.4, -0.2) is 55.8 Å². The summed E-state index contributed by atoms with van der Waals surface area (Å²) >= 11 is 0. The van der Waals surface area contributed by atoms with Gasteiger partial charge in [0, 0.05) is 17.9 Å². The van der Waals surface area contributed by atoms with Gasteiger partial charge in [-0.05, 0) is 50.5 Å². The summed E-state index contributed by atoms with van der Waals surface area (Å²) in [7, 11) is 0. The fourth-order valence-corrected chi connectivity index (χ4v) is 6.87. The van der Waals surface area contributed by atoms with Gasteiger partial charge in [0.25, 0.3) is 0 Å². The molecule has 1 amide bonds. The van der Waals surface area contributed by atoms with Crippen molar-refractivity contribution in [2.75, 3.05) is 0 Å². The predicted molar refractivity (Wildman–Crippen MR) is 131 cm³/mol. The van der Waals surface area contributed by atoms with E-state index in [1.165, 1.54) is 6.08 Å². The van der Waals surface area contributed by atoms with E-state index in [1.807, 2.05) is 56.3 Å². The molecule has 2 fully saturated rings. The SMILES string of the molecule is CC1C/C=C/[C@H]2[C@H](O)[C@@](C)(O)[C@@H](C)[C@H]3[C@H](Cc4ccccc4)NC(=O)[C@]32[C@H](O)/C=C/[C@](C)(O)C1. The lowest BCUT2D eigenvalue weighted by Gasteiger charge is -2.56. The van der Waals surface area contributed by atoms with Crippen molar-refractivity contribution in [1.82, 2.24) is 5.32 Å². The van der Waals surface area contributed by atoms with Crippen molar-refractivity contribution in [2.24, 2.45) is 29.1 Å². The first-order valence-corrected chi connectivity index (χ1v) is 12.4. The zero-order valence-electron chi connectivity index (χ0n) is 20.6. The zero-order valence-corrected chi connectivity index (χ0v) is 20.6. The zero-order chi connectivity index (χ0) is 24.9. The van der Waals surface area contributed by atoms with E-state index in [4.69, 9.17) is 0 Å². The van der Waals surface area contributed by atoms with Crippen LogP contribution in [-0.2, 0) is 11.2 Å². The van der Waals surface area contributed by atoms with Crippen LogP contribution >= 0.6 is 0 Å². The Morgan fingerprint density at radius 2 is 1.74 bits per heavy atom. The third kappa shape index (κ3) is 4.05. The number of nitrogens with one attached hydrogen (secondary N) is 1. The summed E-state index contributed by atoms with van der Waals surface area (Å²) < 4.78 is 0. The van der Waals surface area contributed by atoms with E-state index in [0.717, 1.165) is 5.56 Å². The molecule has 1 unspecified atom stereocenters. The highest BCUT2D eigenvalue weighted by molar-refractivity contribution is 5.88. The van der Waals surface area contributed by atoms with Gasteiger partial charge >= 0.3 is 0 Å². The first-order valence-electron chi connectivity index (χ1n) is 12.4. The van der Waals surface area contributed by atoms with Gasteiger partial charge in [-0.3, -0.25) is 4.79 Å². The molecule has 0 radical (unpaired) electrons. The van der Waals surface area contributed by atoms with E-state index in [2.05, 4.69) is 5.32 Å². The molecule has 1 heterocycles. The van der Waals surface area contributed by atoms with Crippen molar-refractivity contribution >= 4 is 5.91 Å². The molecule has 1 aromatic carbocycles. The number of allylic oxidation sites excluding steroid dienone is 1. The summed E-state index contributed by atoms with van der Waals surface area (Å²) in [6.07, 6.45) is 6.07. The van der Waals surface area contributed by atoms with Gasteiger partial charge in [0.1, 0.15) is 0 Å². The summed E-state index contributed by atoms with van der Waals surface area (Å²) in [6, 6.07) is 9.52. The van der Waals surface area contributed by atoms with E-state index in [-0.39, 0.29) is 17.9 Å². The Kier molecular flexibility index (Phi) is 6.58. The van der Waals surface area contributed by atoms with Crippen LogP contribution in [0.3, 0.4) is 0 Å². The average molecular weight is 470 g/mol. The lowest BCUT2D eigenvalue weighted by Crippen LogP contribution is -2.67. The van der Waals surface area contributed by atoms with Gasteiger partial charge in [0.2, 0.25) is 5.91 Å². The minimum Gasteiger partial charge on any atom is -0.389 e. The molecule has 5 N–H and O–H groups in total. The van der Waals surface area contributed by atoms with Crippen LogP contribution in [0.5, 0.6) is 0 Å².